The van der Waals surface area contributed by atoms with E-state index in [0.29, 0.717) is 39.3 Å². The summed E-state index contributed by atoms with van der Waals surface area (Å²) in [5.74, 6) is -0.474. The first kappa shape index (κ1) is 20.8. The molecular weight excluding hydrogens is 420 g/mol. The molecule has 0 atom stereocenters. The molecule has 0 aromatic heterocycles. The molecule has 0 aliphatic heterocycles. The van der Waals surface area contributed by atoms with Crippen molar-refractivity contribution in [3.05, 3.63) is 81.6 Å². The third kappa shape index (κ3) is 5.10. The first-order valence-corrected chi connectivity index (χ1v) is 9.19. The van der Waals surface area contributed by atoms with Crippen molar-refractivity contribution in [1.29, 1.82) is 0 Å². The van der Waals surface area contributed by atoms with Crippen LogP contribution in [0.4, 0.5) is 10.1 Å². The second-order valence-electron chi connectivity index (χ2n) is 6.01. The fraction of sp³-hybridized carbons (Fsp3) is 0.0952. The number of aromatic carboxylic acids is 1. The molecule has 8 heteroatoms. The summed E-state index contributed by atoms with van der Waals surface area (Å²) in [6, 6.07) is 13.5. The van der Waals surface area contributed by atoms with Crippen LogP contribution in [0.2, 0.25) is 10.0 Å². The van der Waals surface area contributed by atoms with E-state index in [2.05, 4.69) is 5.32 Å². The van der Waals surface area contributed by atoms with E-state index in [4.69, 9.17) is 37.8 Å². The van der Waals surface area contributed by atoms with Crippen LogP contribution in [0.5, 0.6) is 17.2 Å². The molecular formula is C21H16Cl2FNO4. The molecule has 5 nitrogen and oxygen atoms in total. The minimum atomic E-state index is -0.995. The Kier molecular flexibility index (Phi) is 6.46. The highest BCUT2D eigenvalue weighted by molar-refractivity contribution is 6.42. The predicted molar refractivity (Wildman–Crippen MR) is 110 cm³/mol. The number of benzene rings is 3. The predicted octanol–water partition coefficient (Wildman–Crippen LogP) is 6.24. The number of hydrogen-bond donors (Lipinski definition) is 2. The number of rotatable bonds is 7. The first-order valence-electron chi connectivity index (χ1n) is 8.44. The van der Waals surface area contributed by atoms with Crippen LogP contribution < -0.4 is 14.8 Å². The summed E-state index contributed by atoms with van der Waals surface area (Å²) in [5, 5.41) is 12.8. The monoisotopic (exact) mass is 435 g/mol. The van der Waals surface area contributed by atoms with Crippen molar-refractivity contribution >= 4 is 34.9 Å². The quantitative estimate of drug-likeness (QED) is 0.459. The van der Waals surface area contributed by atoms with Gasteiger partial charge in [-0.1, -0.05) is 23.2 Å². The minimum absolute atomic E-state index is 0.192. The van der Waals surface area contributed by atoms with E-state index in [-0.39, 0.29) is 11.3 Å². The van der Waals surface area contributed by atoms with Crippen molar-refractivity contribution in [2.45, 2.75) is 6.54 Å². The maximum atomic E-state index is 13.4. The summed E-state index contributed by atoms with van der Waals surface area (Å²) in [6.45, 7) is 0.322. The molecule has 0 aliphatic carbocycles. The van der Waals surface area contributed by atoms with Crippen LogP contribution in [0.25, 0.3) is 0 Å². The maximum Gasteiger partial charge on any atom is 0.335 e. The lowest BCUT2D eigenvalue weighted by Crippen LogP contribution is -2.03. The molecule has 0 bridgehead atoms. The van der Waals surface area contributed by atoms with Gasteiger partial charge in [-0.15, -0.1) is 0 Å². The average Bonchev–Trinajstić information content (AvgIpc) is 2.71. The van der Waals surface area contributed by atoms with Gasteiger partial charge in [-0.2, -0.15) is 0 Å². The molecule has 0 radical (unpaired) electrons. The molecule has 0 spiro atoms. The van der Waals surface area contributed by atoms with Gasteiger partial charge in [0.15, 0.2) is 11.5 Å². The fourth-order valence-corrected chi connectivity index (χ4v) is 2.91. The second kappa shape index (κ2) is 9.03. The van der Waals surface area contributed by atoms with Crippen molar-refractivity contribution in [2.75, 3.05) is 12.4 Å². The zero-order valence-corrected chi connectivity index (χ0v) is 16.7. The molecule has 0 aliphatic rings. The second-order valence-corrected chi connectivity index (χ2v) is 6.82. The lowest BCUT2D eigenvalue weighted by molar-refractivity contribution is 0.0697. The van der Waals surface area contributed by atoms with Gasteiger partial charge in [0.2, 0.25) is 0 Å². The van der Waals surface area contributed by atoms with Crippen LogP contribution in [0, 0.1) is 5.82 Å². The number of carbonyl (C=O) groups is 1. The Morgan fingerprint density at radius 3 is 2.34 bits per heavy atom. The van der Waals surface area contributed by atoms with Crippen molar-refractivity contribution in [2.24, 2.45) is 0 Å². The third-order valence-electron chi connectivity index (χ3n) is 4.06. The molecule has 0 saturated carbocycles. The standard InChI is InChI=1S/C21H16Cl2FNO4/c1-28-20-9-14(24)4-7-18(20)29-19-10-17(23)16(22)8-13(19)11-25-15-5-2-12(3-6-15)21(26)27/h2-10,25H,11H2,1H3,(H,26,27). The maximum absolute atomic E-state index is 13.4. The van der Waals surface area contributed by atoms with Gasteiger partial charge in [0.05, 0.1) is 22.7 Å². The van der Waals surface area contributed by atoms with Crippen LogP contribution in [0.1, 0.15) is 15.9 Å². The Balaban J connectivity index is 1.85. The van der Waals surface area contributed by atoms with Crippen LogP contribution in [0.3, 0.4) is 0 Å². The summed E-state index contributed by atoms with van der Waals surface area (Å²) < 4.78 is 24.5. The molecule has 2 N–H and O–H groups in total. The largest absolute Gasteiger partial charge is 0.493 e. The van der Waals surface area contributed by atoms with Crippen LogP contribution in [-0.4, -0.2) is 18.2 Å². The smallest absolute Gasteiger partial charge is 0.335 e. The number of nitrogens with one attached hydrogen (secondary N) is 1. The van der Waals surface area contributed by atoms with E-state index in [9.17, 15) is 9.18 Å². The summed E-state index contributed by atoms with van der Waals surface area (Å²) in [5.41, 5.74) is 1.59. The fourth-order valence-electron chi connectivity index (χ4n) is 2.58. The van der Waals surface area contributed by atoms with Crippen molar-refractivity contribution < 1.29 is 23.8 Å². The Morgan fingerprint density at radius 1 is 1.00 bits per heavy atom. The molecule has 3 rings (SSSR count). The van der Waals surface area contributed by atoms with Crippen LogP contribution >= 0.6 is 23.2 Å². The molecule has 0 amide bonds. The summed E-state index contributed by atoms with van der Waals surface area (Å²) in [7, 11) is 1.42. The molecule has 29 heavy (non-hydrogen) atoms. The Bertz CT molecular complexity index is 1040. The van der Waals surface area contributed by atoms with E-state index in [1.807, 2.05) is 0 Å². The average molecular weight is 436 g/mol. The number of hydrogen-bond acceptors (Lipinski definition) is 4. The van der Waals surface area contributed by atoms with E-state index in [0.717, 1.165) is 0 Å². The van der Waals surface area contributed by atoms with Gasteiger partial charge in [0, 0.05) is 29.9 Å². The van der Waals surface area contributed by atoms with Crippen molar-refractivity contribution in [1.82, 2.24) is 0 Å². The van der Waals surface area contributed by atoms with E-state index >= 15 is 0 Å². The summed E-state index contributed by atoms with van der Waals surface area (Å²) in [6.07, 6.45) is 0. The topological polar surface area (TPSA) is 67.8 Å². The molecule has 0 fully saturated rings. The van der Waals surface area contributed by atoms with E-state index < -0.39 is 11.8 Å². The number of halogens is 3. The molecule has 0 saturated heterocycles. The number of anilines is 1. The van der Waals surface area contributed by atoms with Crippen LogP contribution in [-0.2, 0) is 6.54 Å². The normalized spacial score (nSPS) is 10.5. The zero-order valence-electron chi connectivity index (χ0n) is 15.2. The summed E-state index contributed by atoms with van der Waals surface area (Å²) >= 11 is 12.3. The van der Waals surface area contributed by atoms with Crippen LogP contribution in [0.15, 0.2) is 54.6 Å². The lowest BCUT2D eigenvalue weighted by Gasteiger charge is -2.16. The van der Waals surface area contributed by atoms with Gasteiger partial charge >= 0.3 is 5.97 Å². The van der Waals surface area contributed by atoms with Gasteiger partial charge < -0.3 is 19.9 Å². The van der Waals surface area contributed by atoms with Crippen molar-refractivity contribution in [3.8, 4) is 17.2 Å². The highest BCUT2D eigenvalue weighted by Gasteiger charge is 2.13. The molecule has 0 unspecified atom stereocenters. The van der Waals surface area contributed by atoms with Gasteiger partial charge in [-0.25, -0.2) is 9.18 Å². The number of carboxylic acids is 1. The molecule has 3 aromatic rings. The van der Waals surface area contributed by atoms with E-state index in [1.54, 1.807) is 24.3 Å². The third-order valence-corrected chi connectivity index (χ3v) is 4.79. The molecule has 150 valence electrons. The Morgan fingerprint density at radius 2 is 1.69 bits per heavy atom. The SMILES string of the molecule is COc1cc(F)ccc1Oc1cc(Cl)c(Cl)cc1CNc1ccc(C(=O)O)cc1. The molecule has 3 aromatic carbocycles. The van der Waals surface area contributed by atoms with Gasteiger partial charge in [-0.3, -0.25) is 0 Å². The zero-order chi connectivity index (χ0) is 21.0. The minimum Gasteiger partial charge on any atom is -0.493 e. The van der Waals surface area contributed by atoms with Gasteiger partial charge in [-0.05, 0) is 42.5 Å². The first-order chi connectivity index (χ1) is 13.9. The number of ether oxygens (including phenoxy) is 2. The highest BCUT2D eigenvalue weighted by Crippen LogP contribution is 2.37. The van der Waals surface area contributed by atoms with Gasteiger partial charge in [0.1, 0.15) is 11.6 Å². The number of carboxylic acid groups (broad SMARTS) is 1. The highest BCUT2D eigenvalue weighted by atomic mass is 35.5. The Hall–Kier alpha value is -2.96. The van der Waals surface area contributed by atoms with Crippen molar-refractivity contribution in [3.63, 3.8) is 0 Å². The van der Waals surface area contributed by atoms with E-state index in [1.165, 1.54) is 37.4 Å². The lowest BCUT2D eigenvalue weighted by atomic mass is 10.1. The van der Waals surface area contributed by atoms with Gasteiger partial charge in [0.25, 0.3) is 0 Å². The number of methoxy groups -OCH3 is 1. The molecule has 0 heterocycles. The Labute approximate surface area is 176 Å². The summed E-state index contributed by atoms with van der Waals surface area (Å²) in [4.78, 5) is 11.0.